The zero-order valence-electron chi connectivity index (χ0n) is 12.5. The molecule has 23 heavy (non-hydrogen) atoms. The molecule has 2 rings (SSSR count). The molecule has 0 aliphatic rings. The molecule has 1 heterocycles. The van der Waals surface area contributed by atoms with E-state index < -0.39 is 11.7 Å². The third-order valence-electron chi connectivity index (χ3n) is 3.33. The number of alkyl halides is 3. The van der Waals surface area contributed by atoms with Gasteiger partial charge in [-0.2, -0.15) is 24.5 Å². The van der Waals surface area contributed by atoms with Crippen molar-refractivity contribution < 1.29 is 13.2 Å². The fourth-order valence-electron chi connectivity index (χ4n) is 2.11. The summed E-state index contributed by atoms with van der Waals surface area (Å²) >= 11 is 1.51. The minimum atomic E-state index is -4.37. The summed E-state index contributed by atoms with van der Waals surface area (Å²) in [4.78, 5) is 3.98. The van der Waals surface area contributed by atoms with Crippen molar-refractivity contribution >= 4 is 23.8 Å². The van der Waals surface area contributed by atoms with Crippen LogP contribution in [-0.4, -0.2) is 11.7 Å². The number of hydrazine groups is 1. The number of rotatable bonds is 5. The van der Waals surface area contributed by atoms with Crippen molar-refractivity contribution in [3.8, 4) is 0 Å². The van der Waals surface area contributed by atoms with Crippen LogP contribution in [-0.2, 0) is 12.7 Å². The maximum atomic E-state index is 12.8. The molecule has 0 spiro atoms. The van der Waals surface area contributed by atoms with Gasteiger partial charge in [0.15, 0.2) is 0 Å². The lowest BCUT2D eigenvalue weighted by Gasteiger charge is -2.21. The van der Waals surface area contributed by atoms with E-state index >= 15 is 0 Å². The van der Waals surface area contributed by atoms with E-state index in [1.54, 1.807) is 13.0 Å². The number of nitrogens with zero attached hydrogens (tertiary/aromatic N) is 2. The Hall–Kier alpha value is -2.12. The van der Waals surface area contributed by atoms with Crippen molar-refractivity contribution in [2.24, 2.45) is 10.8 Å². The molecule has 0 saturated carbocycles. The number of halogens is 3. The Morgan fingerprint density at radius 1 is 1.35 bits per heavy atom. The topological polar surface area (TPSA) is 41.6 Å². The molecule has 0 fully saturated rings. The van der Waals surface area contributed by atoms with E-state index in [-0.39, 0.29) is 6.54 Å². The van der Waals surface area contributed by atoms with E-state index in [1.807, 2.05) is 16.8 Å². The summed E-state index contributed by atoms with van der Waals surface area (Å²) in [6.45, 7) is 5.44. The van der Waals surface area contributed by atoms with Crippen molar-refractivity contribution in [3.05, 3.63) is 63.5 Å². The van der Waals surface area contributed by atoms with E-state index in [0.29, 0.717) is 17.0 Å². The van der Waals surface area contributed by atoms with Crippen LogP contribution in [0.25, 0.3) is 5.70 Å². The van der Waals surface area contributed by atoms with E-state index in [4.69, 9.17) is 5.84 Å². The normalized spacial score (nSPS) is 12.7. The van der Waals surface area contributed by atoms with Gasteiger partial charge in [-0.3, -0.25) is 4.99 Å². The van der Waals surface area contributed by atoms with Crippen LogP contribution in [0.15, 0.2) is 51.8 Å². The zero-order chi connectivity index (χ0) is 17.0. The summed E-state index contributed by atoms with van der Waals surface area (Å²) in [5.41, 5.74) is 1.90. The van der Waals surface area contributed by atoms with Crippen LogP contribution in [0.4, 0.5) is 13.2 Å². The molecule has 0 radical (unpaired) electrons. The van der Waals surface area contributed by atoms with Gasteiger partial charge in [-0.1, -0.05) is 12.1 Å². The molecule has 0 aliphatic carbocycles. The molecular weight excluding hydrogens is 323 g/mol. The summed E-state index contributed by atoms with van der Waals surface area (Å²) in [7, 11) is 0. The number of aliphatic imine (C=N–C) groups is 1. The summed E-state index contributed by atoms with van der Waals surface area (Å²) < 4.78 is 38.3. The van der Waals surface area contributed by atoms with Crippen molar-refractivity contribution in [1.29, 1.82) is 0 Å². The van der Waals surface area contributed by atoms with Crippen LogP contribution in [0.5, 0.6) is 0 Å². The predicted molar refractivity (Wildman–Crippen MR) is 87.6 cm³/mol. The second-order valence-corrected chi connectivity index (χ2v) is 5.71. The van der Waals surface area contributed by atoms with Crippen LogP contribution < -0.4 is 5.84 Å². The molecule has 0 bridgehead atoms. The first-order valence-electron chi connectivity index (χ1n) is 6.71. The van der Waals surface area contributed by atoms with Crippen LogP contribution >= 0.6 is 11.3 Å². The Balaban J connectivity index is 2.25. The van der Waals surface area contributed by atoms with E-state index in [2.05, 4.69) is 11.7 Å². The maximum absolute atomic E-state index is 12.8. The Morgan fingerprint density at radius 3 is 2.65 bits per heavy atom. The zero-order valence-corrected chi connectivity index (χ0v) is 13.3. The average Bonchev–Trinajstić information content (AvgIpc) is 3.01. The van der Waals surface area contributed by atoms with Crippen molar-refractivity contribution in [2.75, 3.05) is 0 Å². The smallest absolute Gasteiger partial charge is 0.309 e. The lowest BCUT2D eigenvalue weighted by atomic mass is 10.1. The number of allylic oxidation sites excluding steroid dienone is 1. The monoisotopic (exact) mass is 339 g/mol. The Bertz CT molecular complexity index is 706. The van der Waals surface area contributed by atoms with Gasteiger partial charge in [0.2, 0.25) is 0 Å². The fraction of sp³-hybridized carbons (Fsp3) is 0.188. The van der Waals surface area contributed by atoms with Gasteiger partial charge in [-0.25, -0.2) is 5.84 Å². The molecule has 122 valence electrons. The summed E-state index contributed by atoms with van der Waals surface area (Å²) in [6, 6.07) is 6.99. The van der Waals surface area contributed by atoms with Gasteiger partial charge >= 0.3 is 6.18 Å². The Kier molecular flexibility index (Phi) is 5.23. The largest absolute Gasteiger partial charge is 0.416 e. The van der Waals surface area contributed by atoms with E-state index in [0.717, 1.165) is 17.7 Å². The molecule has 0 atom stereocenters. The minimum Gasteiger partial charge on any atom is -0.309 e. The third-order valence-corrected chi connectivity index (χ3v) is 4.02. The van der Waals surface area contributed by atoms with E-state index in [1.165, 1.54) is 22.4 Å². The highest BCUT2D eigenvalue weighted by Crippen LogP contribution is 2.30. The molecule has 0 aliphatic heterocycles. The van der Waals surface area contributed by atoms with Crippen LogP contribution in [0.3, 0.4) is 0 Å². The lowest BCUT2D eigenvalue weighted by Crippen LogP contribution is -2.29. The van der Waals surface area contributed by atoms with Gasteiger partial charge in [-0.15, -0.1) is 0 Å². The molecule has 1 aromatic heterocycles. The lowest BCUT2D eigenvalue weighted by molar-refractivity contribution is -0.137. The van der Waals surface area contributed by atoms with Gasteiger partial charge in [0.25, 0.3) is 0 Å². The van der Waals surface area contributed by atoms with Crippen LogP contribution in [0.1, 0.15) is 23.6 Å². The first-order valence-corrected chi connectivity index (χ1v) is 7.65. The van der Waals surface area contributed by atoms with E-state index in [9.17, 15) is 13.2 Å². The molecular formula is C16H16F3N3S. The summed E-state index contributed by atoms with van der Waals surface area (Å²) in [5.74, 6) is 6.00. The number of hydrogen-bond donors (Lipinski definition) is 1. The number of thiophene rings is 1. The Morgan fingerprint density at radius 2 is 2.09 bits per heavy atom. The molecule has 3 nitrogen and oxygen atoms in total. The molecule has 0 saturated heterocycles. The van der Waals surface area contributed by atoms with Crippen molar-refractivity contribution in [1.82, 2.24) is 5.01 Å². The van der Waals surface area contributed by atoms with Gasteiger partial charge < -0.3 is 5.01 Å². The van der Waals surface area contributed by atoms with Gasteiger partial charge in [-0.05, 0) is 42.8 Å². The predicted octanol–water partition coefficient (Wildman–Crippen LogP) is 4.53. The van der Waals surface area contributed by atoms with Crippen LogP contribution in [0, 0.1) is 0 Å². The fourth-order valence-corrected chi connectivity index (χ4v) is 2.75. The van der Waals surface area contributed by atoms with Gasteiger partial charge in [0.05, 0.1) is 23.5 Å². The molecule has 2 N–H and O–H groups in total. The number of nitrogens with two attached hydrogens (primary N) is 1. The minimum absolute atomic E-state index is 0.138. The van der Waals surface area contributed by atoms with Crippen molar-refractivity contribution in [3.63, 3.8) is 0 Å². The van der Waals surface area contributed by atoms with Gasteiger partial charge in [0, 0.05) is 10.9 Å². The second kappa shape index (κ2) is 6.97. The SMILES string of the molecule is C=N/C(=C(/C)N(N)Cc1cccc(C(F)(F)F)c1)c1ccsc1. The Labute approximate surface area is 136 Å². The molecule has 0 amide bonds. The average molecular weight is 339 g/mol. The number of hydrogen-bond acceptors (Lipinski definition) is 4. The van der Waals surface area contributed by atoms with Crippen LogP contribution in [0.2, 0.25) is 0 Å². The maximum Gasteiger partial charge on any atom is 0.416 e. The highest BCUT2D eigenvalue weighted by Gasteiger charge is 2.30. The molecule has 2 aromatic rings. The third kappa shape index (κ3) is 4.20. The van der Waals surface area contributed by atoms with Crippen molar-refractivity contribution in [2.45, 2.75) is 19.6 Å². The standard InChI is InChI=1S/C16H16F3N3S/c1-11(15(21-2)13-6-7-23-10-13)22(20)9-12-4-3-5-14(8-12)16(17,18)19/h3-8,10H,2,9,20H2,1H3/b15-11-. The summed E-state index contributed by atoms with van der Waals surface area (Å²) in [6.07, 6.45) is -4.37. The molecule has 0 unspecified atom stereocenters. The second-order valence-electron chi connectivity index (χ2n) is 4.93. The first kappa shape index (κ1) is 17.2. The summed E-state index contributed by atoms with van der Waals surface area (Å²) in [5, 5.41) is 5.18. The quantitative estimate of drug-likeness (QED) is 0.494. The highest BCUT2D eigenvalue weighted by molar-refractivity contribution is 7.08. The highest BCUT2D eigenvalue weighted by atomic mass is 32.1. The number of benzene rings is 1. The molecule has 1 aromatic carbocycles. The molecule has 7 heteroatoms. The first-order chi connectivity index (χ1) is 10.8. The van der Waals surface area contributed by atoms with Gasteiger partial charge in [0.1, 0.15) is 0 Å².